The standard InChI is InChI=1S/C23H23NO5/c1-2-28-23(26)19(16-27-15-17-9-5-3-6-10-17)24-22(25)21-14-13-20(29-21)18-11-7-4-8-12-18/h3-14,19H,2,15-16H2,1H3,(H,24,25)/t19-/m0/s1. The van der Waals surface area contributed by atoms with Gasteiger partial charge in [0.05, 0.1) is 19.8 Å². The average Bonchev–Trinajstić information content (AvgIpc) is 3.25. The summed E-state index contributed by atoms with van der Waals surface area (Å²) in [6.07, 6.45) is 0. The lowest BCUT2D eigenvalue weighted by Gasteiger charge is -2.17. The lowest BCUT2D eigenvalue weighted by Crippen LogP contribution is -2.45. The van der Waals surface area contributed by atoms with Crippen LogP contribution < -0.4 is 5.32 Å². The zero-order chi connectivity index (χ0) is 20.5. The highest BCUT2D eigenvalue weighted by Crippen LogP contribution is 2.21. The Balaban J connectivity index is 1.63. The van der Waals surface area contributed by atoms with E-state index in [0.29, 0.717) is 12.4 Å². The second-order valence-electron chi connectivity index (χ2n) is 6.31. The molecule has 0 aliphatic rings. The lowest BCUT2D eigenvalue weighted by atomic mass is 10.2. The Kier molecular flexibility index (Phi) is 7.19. The third kappa shape index (κ3) is 5.80. The van der Waals surface area contributed by atoms with E-state index in [0.717, 1.165) is 11.1 Å². The van der Waals surface area contributed by atoms with Crippen LogP contribution in [-0.2, 0) is 20.9 Å². The molecule has 1 atom stereocenters. The largest absolute Gasteiger partial charge is 0.464 e. The number of amides is 1. The molecular formula is C23H23NO5. The van der Waals surface area contributed by atoms with E-state index in [2.05, 4.69) is 5.32 Å². The highest BCUT2D eigenvalue weighted by Gasteiger charge is 2.24. The van der Waals surface area contributed by atoms with E-state index in [1.807, 2.05) is 60.7 Å². The normalized spacial score (nSPS) is 11.6. The molecule has 0 saturated heterocycles. The SMILES string of the molecule is CCOC(=O)[C@H](COCc1ccccc1)NC(=O)c1ccc(-c2ccccc2)o1. The maximum atomic E-state index is 12.6. The smallest absolute Gasteiger partial charge is 0.331 e. The number of ether oxygens (including phenoxy) is 2. The van der Waals surface area contributed by atoms with E-state index in [4.69, 9.17) is 13.9 Å². The summed E-state index contributed by atoms with van der Waals surface area (Å²) in [4.78, 5) is 24.8. The fraction of sp³-hybridized carbons (Fsp3) is 0.217. The molecule has 0 radical (unpaired) electrons. The van der Waals surface area contributed by atoms with Crippen LogP contribution in [0.5, 0.6) is 0 Å². The molecule has 3 aromatic rings. The van der Waals surface area contributed by atoms with Gasteiger partial charge in [0.1, 0.15) is 5.76 Å². The lowest BCUT2D eigenvalue weighted by molar-refractivity contribution is -0.147. The van der Waals surface area contributed by atoms with Crippen molar-refractivity contribution in [1.82, 2.24) is 5.32 Å². The Morgan fingerprint density at radius 2 is 1.66 bits per heavy atom. The molecule has 0 spiro atoms. The number of carbonyl (C=O) groups excluding carboxylic acids is 2. The van der Waals surface area contributed by atoms with Crippen molar-refractivity contribution < 1.29 is 23.5 Å². The summed E-state index contributed by atoms with van der Waals surface area (Å²) in [5.41, 5.74) is 1.83. The molecule has 0 aliphatic carbocycles. The van der Waals surface area contributed by atoms with E-state index < -0.39 is 17.9 Å². The molecule has 6 nitrogen and oxygen atoms in total. The summed E-state index contributed by atoms with van der Waals surface area (Å²) in [7, 11) is 0. The molecule has 150 valence electrons. The van der Waals surface area contributed by atoms with Crippen molar-refractivity contribution in [2.75, 3.05) is 13.2 Å². The van der Waals surface area contributed by atoms with Gasteiger partial charge in [-0.1, -0.05) is 60.7 Å². The Morgan fingerprint density at radius 3 is 2.34 bits per heavy atom. The first-order chi connectivity index (χ1) is 14.2. The van der Waals surface area contributed by atoms with E-state index >= 15 is 0 Å². The van der Waals surface area contributed by atoms with Gasteiger partial charge in [-0.25, -0.2) is 4.79 Å². The summed E-state index contributed by atoms with van der Waals surface area (Å²) < 4.78 is 16.3. The zero-order valence-corrected chi connectivity index (χ0v) is 16.2. The molecule has 1 amide bonds. The highest BCUT2D eigenvalue weighted by atomic mass is 16.5. The molecule has 1 heterocycles. The van der Waals surface area contributed by atoms with E-state index in [1.54, 1.807) is 19.1 Å². The van der Waals surface area contributed by atoms with Crippen molar-refractivity contribution in [3.8, 4) is 11.3 Å². The Morgan fingerprint density at radius 1 is 0.966 bits per heavy atom. The predicted octanol–water partition coefficient (Wildman–Crippen LogP) is 3.82. The number of rotatable bonds is 9. The maximum Gasteiger partial charge on any atom is 0.331 e. The van der Waals surface area contributed by atoms with Crippen molar-refractivity contribution in [2.45, 2.75) is 19.6 Å². The topological polar surface area (TPSA) is 77.8 Å². The van der Waals surface area contributed by atoms with Crippen molar-refractivity contribution >= 4 is 11.9 Å². The predicted molar refractivity (Wildman–Crippen MR) is 108 cm³/mol. The highest BCUT2D eigenvalue weighted by molar-refractivity contribution is 5.95. The Bertz CT molecular complexity index is 921. The first kappa shape index (κ1) is 20.4. The first-order valence-corrected chi connectivity index (χ1v) is 9.41. The minimum Gasteiger partial charge on any atom is -0.464 e. The van der Waals surface area contributed by atoms with Crippen LogP contribution in [0.15, 0.2) is 77.2 Å². The average molecular weight is 393 g/mol. The molecule has 6 heteroatoms. The van der Waals surface area contributed by atoms with Crippen LogP contribution in [0.25, 0.3) is 11.3 Å². The van der Waals surface area contributed by atoms with Gasteiger partial charge in [-0.05, 0) is 24.6 Å². The van der Waals surface area contributed by atoms with Crippen LogP contribution in [0, 0.1) is 0 Å². The number of benzene rings is 2. The van der Waals surface area contributed by atoms with Gasteiger partial charge in [-0.2, -0.15) is 0 Å². The van der Waals surface area contributed by atoms with Gasteiger partial charge in [-0.3, -0.25) is 4.79 Å². The van der Waals surface area contributed by atoms with E-state index in [1.165, 1.54) is 0 Å². The molecule has 3 rings (SSSR count). The van der Waals surface area contributed by atoms with Crippen LogP contribution in [0.1, 0.15) is 23.0 Å². The van der Waals surface area contributed by atoms with Crippen LogP contribution >= 0.6 is 0 Å². The quantitative estimate of drug-likeness (QED) is 0.559. The fourth-order valence-electron chi connectivity index (χ4n) is 2.73. The molecule has 1 aromatic heterocycles. The molecule has 1 N–H and O–H groups in total. The van der Waals surface area contributed by atoms with Gasteiger partial charge in [0.25, 0.3) is 5.91 Å². The summed E-state index contributed by atoms with van der Waals surface area (Å²) in [6.45, 7) is 2.24. The summed E-state index contributed by atoms with van der Waals surface area (Å²) >= 11 is 0. The zero-order valence-electron chi connectivity index (χ0n) is 16.2. The van der Waals surface area contributed by atoms with Gasteiger partial charge in [0.2, 0.25) is 0 Å². The molecule has 2 aromatic carbocycles. The third-order valence-electron chi connectivity index (χ3n) is 4.16. The minimum atomic E-state index is -0.934. The first-order valence-electron chi connectivity index (χ1n) is 9.41. The van der Waals surface area contributed by atoms with Gasteiger partial charge in [0, 0.05) is 5.56 Å². The number of hydrogen-bond acceptors (Lipinski definition) is 5. The molecule has 0 aliphatic heterocycles. The van der Waals surface area contributed by atoms with Crippen molar-refractivity contribution in [3.63, 3.8) is 0 Å². The Labute approximate surface area is 169 Å². The second kappa shape index (κ2) is 10.2. The van der Waals surface area contributed by atoms with Crippen LogP contribution in [0.3, 0.4) is 0 Å². The van der Waals surface area contributed by atoms with Gasteiger partial charge in [-0.15, -0.1) is 0 Å². The number of esters is 1. The van der Waals surface area contributed by atoms with Crippen LogP contribution in [0.4, 0.5) is 0 Å². The summed E-state index contributed by atoms with van der Waals surface area (Å²) in [5, 5.41) is 2.64. The van der Waals surface area contributed by atoms with Crippen LogP contribution in [0.2, 0.25) is 0 Å². The monoisotopic (exact) mass is 393 g/mol. The molecule has 0 unspecified atom stereocenters. The van der Waals surface area contributed by atoms with Crippen molar-refractivity contribution in [2.24, 2.45) is 0 Å². The molecular weight excluding hydrogens is 370 g/mol. The van der Waals surface area contributed by atoms with Crippen molar-refractivity contribution in [1.29, 1.82) is 0 Å². The Hall–Kier alpha value is -3.38. The van der Waals surface area contributed by atoms with E-state index in [9.17, 15) is 9.59 Å². The van der Waals surface area contributed by atoms with Gasteiger partial charge < -0.3 is 19.2 Å². The van der Waals surface area contributed by atoms with E-state index in [-0.39, 0.29) is 19.0 Å². The minimum absolute atomic E-state index is 0.00822. The van der Waals surface area contributed by atoms with Gasteiger partial charge in [0.15, 0.2) is 11.8 Å². The molecule has 0 fully saturated rings. The number of nitrogens with one attached hydrogen (secondary N) is 1. The number of furan rings is 1. The van der Waals surface area contributed by atoms with Crippen LogP contribution in [-0.4, -0.2) is 31.1 Å². The molecule has 0 bridgehead atoms. The maximum absolute atomic E-state index is 12.6. The van der Waals surface area contributed by atoms with Gasteiger partial charge >= 0.3 is 5.97 Å². The third-order valence-corrected chi connectivity index (χ3v) is 4.16. The second-order valence-corrected chi connectivity index (χ2v) is 6.31. The number of hydrogen-bond donors (Lipinski definition) is 1. The number of carbonyl (C=O) groups is 2. The van der Waals surface area contributed by atoms with Crippen molar-refractivity contribution in [3.05, 3.63) is 84.1 Å². The molecule has 0 saturated carbocycles. The summed E-state index contributed by atoms with van der Waals surface area (Å²) in [6, 6.07) is 21.4. The molecule has 29 heavy (non-hydrogen) atoms. The summed E-state index contributed by atoms with van der Waals surface area (Å²) in [5.74, 6) is -0.373. The fourth-order valence-corrected chi connectivity index (χ4v) is 2.73.